The van der Waals surface area contributed by atoms with Crippen LogP contribution < -0.4 is 9.62 Å². The van der Waals surface area contributed by atoms with Crippen molar-refractivity contribution in [3.63, 3.8) is 0 Å². The number of carbonyl (C=O) groups is 1. The van der Waals surface area contributed by atoms with Gasteiger partial charge in [0.15, 0.2) is 0 Å². The number of hydrogen-bond donors (Lipinski definition) is 1. The topological polar surface area (TPSA) is 66.5 Å². The molecule has 35 heavy (non-hydrogen) atoms. The van der Waals surface area contributed by atoms with E-state index in [0.717, 1.165) is 15.4 Å². The van der Waals surface area contributed by atoms with Crippen molar-refractivity contribution < 1.29 is 13.2 Å². The summed E-state index contributed by atoms with van der Waals surface area (Å²) in [5, 5.41) is 3.44. The molecule has 0 unspecified atom stereocenters. The van der Waals surface area contributed by atoms with Crippen LogP contribution in [0.3, 0.4) is 0 Å². The van der Waals surface area contributed by atoms with E-state index in [-0.39, 0.29) is 32.1 Å². The fourth-order valence-corrected chi connectivity index (χ4v) is 5.53. The molecule has 0 aliphatic heterocycles. The zero-order valence-electron chi connectivity index (χ0n) is 20.5. The van der Waals surface area contributed by atoms with E-state index in [0.29, 0.717) is 0 Å². The third-order valence-electron chi connectivity index (χ3n) is 5.69. The first kappa shape index (κ1) is 27.1. The Hall–Kier alpha value is -2.54. The van der Waals surface area contributed by atoms with Crippen molar-refractivity contribution in [2.75, 3.05) is 10.8 Å². The molecule has 1 atom stereocenters. The summed E-state index contributed by atoms with van der Waals surface area (Å²) in [6.07, 6.45) is 0. The molecule has 8 heteroatoms. The minimum Gasteiger partial charge on any atom is -0.348 e. The Balaban J connectivity index is 1.88. The summed E-state index contributed by atoms with van der Waals surface area (Å²) in [6.45, 7) is 9.71. The van der Waals surface area contributed by atoms with E-state index in [4.69, 9.17) is 23.2 Å². The Morgan fingerprint density at radius 2 is 1.49 bits per heavy atom. The van der Waals surface area contributed by atoms with E-state index in [1.165, 1.54) is 35.9 Å². The average molecular weight is 534 g/mol. The summed E-state index contributed by atoms with van der Waals surface area (Å²) in [6, 6.07) is 18.6. The first-order valence-corrected chi connectivity index (χ1v) is 13.4. The van der Waals surface area contributed by atoms with Gasteiger partial charge in [-0.05, 0) is 60.7 Å². The first-order valence-electron chi connectivity index (χ1n) is 11.2. The molecule has 0 radical (unpaired) electrons. The summed E-state index contributed by atoms with van der Waals surface area (Å²) < 4.78 is 28.1. The van der Waals surface area contributed by atoms with Crippen molar-refractivity contribution in [1.82, 2.24) is 5.32 Å². The number of benzene rings is 3. The average Bonchev–Trinajstić information content (AvgIpc) is 2.76. The minimum absolute atomic E-state index is 0.0219. The maximum atomic E-state index is 13.5. The lowest BCUT2D eigenvalue weighted by Gasteiger charge is -2.26. The lowest BCUT2D eigenvalue weighted by atomic mass is 9.86. The molecule has 5 nitrogen and oxygen atoms in total. The summed E-state index contributed by atoms with van der Waals surface area (Å²) in [7, 11) is -4.07. The summed E-state index contributed by atoms with van der Waals surface area (Å²) >= 11 is 12.3. The lowest BCUT2D eigenvalue weighted by molar-refractivity contribution is -0.120. The van der Waals surface area contributed by atoms with Crippen molar-refractivity contribution in [2.24, 2.45) is 0 Å². The number of sulfonamides is 1. The number of aryl methyl sites for hydroxylation is 1. The number of halogens is 2. The van der Waals surface area contributed by atoms with Gasteiger partial charge in [0.05, 0.1) is 16.6 Å². The van der Waals surface area contributed by atoms with Gasteiger partial charge in [-0.25, -0.2) is 8.42 Å². The molecule has 0 bridgehead atoms. The van der Waals surface area contributed by atoms with Crippen LogP contribution in [-0.2, 0) is 20.2 Å². The summed E-state index contributed by atoms with van der Waals surface area (Å²) in [4.78, 5) is 13.1. The number of nitrogens with one attached hydrogen (secondary N) is 1. The van der Waals surface area contributed by atoms with Crippen LogP contribution >= 0.6 is 23.2 Å². The molecule has 0 saturated carbocycles. The fourth-order valence-electron chi connectivity index (χ4n) is 3.61. The normalized spacial score (nSPS) is 12.8. The van der Waals surface area contributed by atoms with Gasteiger partial charge in [-0.1, -0.05) is 85.9 Å². The molecule has 0 aromatic heterocycles. The van der Waals surface area contributed by atoms with Gasteiger partial charge in [-0.2, -0.15) is 0 Å². The van der Waals surface area contributed by atoms with Gasteiger partial charge in [0.1, 0.15) is 6.54 Å². The smallest absolute Gasteiger partial charge is 0.264 e. The van der Waals surface area contributed by atoms with Gasteiger partial charge in [0, 0.05) is 10.0 Å². The Bertz CT molecular complexity index is 1280. The Kier molecular flexibility index (Phi) is 8.20. The van der Waals surface area contributed by atoms with Crippen LogP contribution in [0.2, 0.25) is 10.0 Å². The van der Waals surface area contributed by atoms with E-state index >= 15 is 0 Å². The zero-order chi connectivity index (χ0) is 26.0. The summed E-state index contributed by atoms with van der Waals surface area (Å²) in [5.41, 5.74) is 3.26. The number of carbonyl (C=O) groups excluding carboxylic acids is 1. The second-order valence-corrected chi connectivity index (χ2v) is 12.3. The number of anilines is 1. The molecule has 0 aliphatic carbocycles. The molecular weight excluding hydrogens is 503 g/mol. The van der Waals surface area contributed by atoms with Gasteiger partial charge >= 0.3 is 0 Å². The Morgan fingerprint density at radius 1 is 0.943 bits per heavy atom. The fraction of sp³-hybridized carbons (Fsp3) is 0.296. The number of amides is 1. The van der Waals surface area contributed by atoms with E-state index < -0.39 is 22.5 Å². The summed E-state index contributed by atoms with van der Waals surface area (Å²) in [5.74, 6) is -0.454. The van der Waals surface area contributed by atoms with Crippen LogP contribution in [0.5, 0.6) is 0 Å². The highest BCUT2D eigenvalue weighted by Crippen LogP contribution is 2.30. The zero-order valence-corrected chi connectivity index (χ0v) is 22.8. The molecule has 0 fully saturated rings. The lowest BCUT2D eigenvalue weighted by Crippen LogP contribution is -2.41. The maximum Gasteiger partial charge on any atom is 0.264 e. The highest BCUT2D eigenvalue weighted by molar-refractivity contribution is 7.92. The van der Waals surface area contributed by atoms with Crippen molar-refractivity contribution in [2.45, 2.75) is 51.0 Å². The SMILES string of the molecule is Cc1ccc(S(=O)(=O)N(CC(=O)N[C@@H](C)c2ccc(C(C)(C)C)cc2)c2cc(Cl)cc(Cl)c2)cc1. The predicted molar refractivity (Wildman–Crippen MR) is 144 cm³/mol. The molecule has 3 aromatic carbocycles. The van der Waals surface area contributed by atoms with Gasteiger partial charge in [-0.15, -0.1) is 0 Å². The molecule has 186 valence electrons. The second-order valence-electron chi connectivity index (χ2n) is 9.61. The molecule has 0 aliphatic rings. The van der Waals surface area contributed by atoms with E-state index in [9.17, 15) is 13.2 Å². The van der Waals surface area contributed by atoms with Crippen molar-refractivity contribution >= 4 is 44.8 Å². The van der Waals surface area contributed by atoms with Crippen LogP contribution in [-0.4, -0.2) is 20.9 Å². The van der Waals surface area contributed by atoms with E-state index in [2.05, 4.69) is 26.1 Å². The van der Waals surface area contributed by atoms with Crippen molar-refractivity contribution in [1.29, 1.82) is 0 Å². The maximum absolute atomic E-state index is 13.5. The Labute approximate surface area is 218 Å². The third kappa shape index (κ3) is 6.78. The molecule has 3 aromatic rings. The highest BCUT2D eigenvalue weighted by atomic mass is 35.5. The number of hydrogen-bond acceptors (Lipinski definition) is 3. The molecule has 1 N–H and O–H groups in total. The molecule has 3 rings (SSSR count). The largest absolute Gasteiger partial charge is 0.348 e. The molecule has 0 heterocycles. The molecule has 0 saturated heterocycles. The number of nitrogens with zero attached hydrogens (tertiary/aromatic N) is 1. The van der Waals surface area contributed by atoms with Crippen molar-refractivity contribution in [3.05, 3.63) is 93.5 Å². The van der Waals surface area contributed by atoms with Crippen LogP contribution in [0.25, 0.3) is 0 Å². The van der Waals surface area contributed by atoms with Crippen LogP contribution in [0.4, 0.5) is 5.69 Å². The van der Waals surface area contributed by atoms with E-state index in [1.807, 2.05) is 38.1 Å². The molecule has 0 spiro atoms. The van der Waals surface area contributed by atoms with Gasteiger partial charge in [0.25, 0.3) is 10.0 Å². The Morgan fingerprint density at radius 3 is 2.00 bits per heavy atom. The first-order chi connectivity index (χ1) is 16.3. The molecule has 1 amide bonds. The van der Waals surface area contributed by atoms with Gasteiger partial charge < -0.3 is 5.32 Å². The number of rotatable bonds is 7. The predicted octanol–water partition coefficient (Wildman–Crippen LogP) is 6.67. The third-order valence-corrected chi connectivity index (χ3v) is 7.91. The van der Waals surface area contributed by atoms with Crippen LogP contribution in [0.1, 0.15) is 50.4 Å². The van der Waals surface area contributed by atoms with E-state index in [1.54, 1.807) is 12.1 Å². The molecular formula is C27H30Cl2N2O3S. The van der Waals surface area contributed by atoms with Crippen molar-refractivity contribution in [3.8, 4) is 0 Å². The monoisotopic (exact) mass is 532 g/mol. The quantitative estimate of drug-likeness (QED) is 0.369. The highest BCUT2D eigenvalue weighted by Gasteiger charge is 2.28. The van der Waals surface area contributed by atoms with Gasteiger partial charge in [-0.3, -0.25) is 9.10 Å². The minimum atomic E-state index is -4.07. The van der Waals surface area contributed by atoms with Gasteiger partial charge in [0.2, 0.25) is 5.91 Å². The van der Waals surface area contributed by atoms with Crippen LogP contribution in [0, 0.1) is 6.92 Å². The van der Waals surface area contributed by atoms with Crippen LogP contribution in [0.15, 0.2) is 71.6 Å². The standard InChI is InChI=1S/C27H30Cl2N2O3S/c1-18-6-12-25(13-7-18)35(33,34)31(24-15-22(28)14-23(29)16-24)17-26(32)30-19(2)20-8-10-21(11-9-20)27(3,4)5/h6-16,19H,17H2,1-5H3,(H,30,32)/t19-/m0/s1. The second kappa shape index (κ2) is 10.6.